The Balaban J connectivity index is 2.62. The third kappa shape index (κ3) is 8.05. The van der Waals surface area contributed by atoms with Crippen molar-refractivity contribution in [2.24, 2.45) is 11.3 Å². The van der Waals surface area contributed by atoms with Gasteiger partial charge in [0.1, 0.15) is 0 Å². The minimum atomic E-state index is 0.296. The van der Waals surface area contributed by atoms with Gasteiger partial charge >= 0.3 is 0 Å². The Labute approximate surface area is 130 Å². The Bertz CT molecular complexity index is 422. The summed E-state index contributed by atoms with van der Waals surface area (Å²) in [5.74, 6) is 1.43. The summed E-state index contributed by atoms with van der Waals surface area (Å²) in [5, 5.41) is 3.48. The first-order chi connectivity index (χ1) is 9.80. The van der Waals surface area contributed by atoms with Crippen molar-refractivity contribution in [2.75, 3.05) is 13.2 Å². The van der Waals surface area contributed by atoms with Gasteiger partial charge in [-0.05, 0) is 42.3 Å². The zero-order chi connectivity index (χ0) is 15.9. The predicted molar refractivity (Wildman–Crippen MR) is 89.7 cm³/mol. The van der Waals surface area contributed by atoms with Crippen LogP contribution in [0.2, 0.25) is 0 Å². The monoisotopic (exact) mass is 292 g/mol. The predicted octanol–water partition coefficient (Wildman–Crippen LogP) is 4.20. The molecule has 0 amide bonds. The molecule has 1 N–H and O–H groups in total. The summed E-state index contributed by atoms with van der Waals surface area (Å²) in [6.07, 6.45) is 1.97. The van der Waals surface area contributed by atoms with Gasteiger partial charge in [-0.3, -0.25) is 0 Å². The smallest absolute Gasteiger partial charge is 0.213 e. The molecule has 0 aliphatic heterocycles. The second kappa shape index (κ2) is 8.38. The number of nitrogens with one attached hydrogen (secondary N) is 1. The van der Waals surface area contributed by atoms with E-state index in [2.05, 4.69) is 64.0 Å². The summed E-state index contributed by atoms with van der Waals surface area (Å²) < 4.78 is 5.85. The van der Waals surface area contributed by atoms with Crippen LogP contribution in [0.4, 0.5) is 0 Å². The van der Waals surface area contributed by atoms with E-state index in [1.807, 2.05) is 0 Å². The van der Waals surface area contributed by atoms with Gasteiger partial charge in [0.05, 0.1) is 6.61 Å². The molecule has 1 aromatic rings. The molecule has 0 aliphatic carbocycles. The number of hydrogen-bond acceptors (Lipinski definition) is 3. The summed E-state index contributed by atoms with van der Waals surface area (Å²) in [6, 6.07) is 4.24. The lowest BCUT2D eigenvalue weighted by molar-refractivity contribution is 0.236. The summed E-state index contributed by atoms with van der Waals surface area (Å²) >= 11 is 0. The minimum absolute atomic E-state index is 0.296. The second-order valence-electron chi connectivity index (χ2n) is 7.34. The second-order valence-corrected chi connectivity index (χ2v) is 7.34. The lowest BCUT2D eigenvalue weighted by Crippen LogP contribution is -2.19. The number of pyridine rings is 1. The van der Waals surface area contributed by atoms with Gasteiger partial charge in [-0.15, -0.1) is 0 Å². The molecule has 1 heterocycles. The first-order valence-electron chi connectivity index (χ1n) is 8.13. The molecule has 0 radical (unpaired) electrons. The fraction of sp³-hybridized carbons (Fsp3) is 0.722. The lowest BCUT2D eigenvalue weighted by atomic mass is 9.93. The van der Waals surface area contributed by atoms with Crippen LogP contribution in [-0.4, -0.2) is 18.1 Å². The van der Waals surface area contributed by atoms with Gasteiger partial charge in [0.2, 0.25) is 5.88 Å². The standard InChI is InChI=1S/C18H32N2O/c1-7-16-10-15(13-19-12-14(2)3)11-17(20-16)21-9-8-18(4,5)6/h10-11,14,19H,7-9,12-13H2,1-6H3. The molecule has 1 rings (SSSR count). The highest BCUT2D eigenvalue weighted by Crippen LogP contribution is 2.20. The van der Waals surface area contributed by atoms with Crippen molar-refractivity contribution in [3.8, 4) is 5.88 Å². The average molecular weight is 292 g/mol. The average Bonchev–Trinajstić information content (AvgIpc) is 2.36. The van der Waals surface area contributed by atoms with Crippen LogP contribution in [0.3, 0.4) is 0 Å². The first-order valence-corrected chi connectivity index (χ1v) is 8.13. The van der Waals surface area contributed by atoms with E-state index in [4.69, 9.17) is 4.74 Å². The molecular formula is C18H32N2O. The van der Waals surface area contributed by atoms with E-state index >= 15 is 0 Å². The maximum absolute atomic E-state index is 5.85. The van der Waals surface area contributed by atoms with Crippen molar-refractivity contribution in [2.45, 2.75) is 60.9 Å². The van der Waals surface area contributed by atoms with Gasteiger partial charge in [-0.1, -0.05) is 41.5 Å². The van der Waals surface area contributed by atoms with Gasteiger partial charge in [-0.2, -0.15) is 0 Å². The topological polar surface area (TPSA) is 34.1 Å². The summed E-state index contributed by atoms with van der Waals surface area (Å²) in [4.78, 5) is 4.56. The Morgan fingerprint density at radius 3 is 2.52 bits per heavy atom. The molecule has 3 nitrogen and oxygen atoms in total. The van der Waals surface area contributed by atoms with Gasteiger partial charge in [0.15, 0.2) is 0 Å². The number of ether oxygens (including phenoxy) is 1. The highest BCUT2D eigenvalue weighted by Gasteiger charge is 2.11. The molecule has 120 valence electrons. The zero-order valence-corrected chi connectivity index (χ0v) is 14.6. The van der Waals surface area contributed by atoms with E-state index in [-0.39, 0.29) is 0 Å². The molecule has 0 spiro atoms. The number of hydrogen-bond donors (Lipinski definition) is 1. The van der Waals surface area contributed by atoms with Crippen molar-refractivity contribution in [1.29, 1.82) is 0 Å². The summed E-state index contributed by atoms with van der Waals surface area (Å²) in [5.41, 5.74) is 2.65. The SMILES string of the molecule is CCc1cc(CNCC(C)C)cc(OCCC(C)(C)C)n1. The molecular weight excluding hydrogens is 260 g/mol. The van der Waals surface area contributed by atoms with E-state index in [9.17, 15) is 0 Å². The maximum atomic E-state index is 5.85. The molecule has 0 aromatic carbocycles. The van der Waals surface area contributed by atoms with Gasteiger partial charge < -0.3 is 10.1 Å². The summed E-state index contributed by atoms with van der Waals surface area (Å²) in [7, 11) is 0. The van der Waals surface area contributed by atoms with E-state index in [1.54, 1.807) is 0 Å². The van der Waals surface area contributed by atoms with Crippen LogP contribution in [0, 0.1) is 11.3 Å². The van der Waals surface area contributed by atoms with E-state index in [0.717, 1.165) is 44.1 Å². The van der Waals surface area contributed by atoms with Crippen molar-refractivity contribution in [3.05, 3.63) is 23.4 Å². The van der Waals surface area contributed by atoms with E-state index in [1.165, 1.54) is 5.56 Å². The van der Waals surface area contributed by atoms with Crippen LogP contribution < -0.4 is 10.1 Å². The number of rotatable bonds is 8. The fourth-order valence-corrected chi connectivity index (χ4v) is 1.94. The van der Waals surface area contributed by atoms with Gasteiger partial charge in [0.25, 0.3) is 0 Å². The van der Waals surface area contributed by atoms with Crippen molar-refractivity contribution in [3.63, 3.8) is 0 Å². The molecule has 0 fully saturated rings. The van der Waals surface area contributed by atoms with Gasteiger partial charge in [-0.25, -0.2) is 4.98 Å². The van der Waals surface area contributed by atoms with Crippen LogP contribution in [-0.2, 0) is 13.0 Å². The largest absolute Gasteiger partial charge is 0.478 e. The van der Waals surface area contributed by atoms with Crippen LogP contribution >= 0.6 is 0 Å². The van der Waals surface area contributed by atoms with E-state index in [0.29, 0.717) is 11.3 Å². The quantitative estimate of drug-likeness (QED) is 0.779. The zero-order valence-electron chi connectivity index (χ0n) is 14.6. The number of aryl methyl sites for hydroxylation is 1. The summed E-state index contributed by atoms with van der Waals surface area (Å²) in [6.45, 7) is 15.9. The third-order valence-corrected chi connectivity index (χ3v) is 3.26. The Morgan fingerprint density at radius 1 is 1.24 bits per heavy atom. The molecule has 21 heavy (non-hydrogen) atoms. The van der Waals surface area contributed by atoms with Crippen molar-refractivity contribution in [1.82, 2.24) is 10.3 Å². The van der Waals surface area contributed by atoms with E-state index < -0.39 is 0 Å². The Hall–Kier alpha value is -1.09. The van der Waals surface area contributed by atoms with Crippen molar-refractivity contribution < 1.29 is 4.74 Å². The molecule has 0 aliphatic rings. The molecule has 0 saturated carbocycles. The normalized spacial score (nSPS) is 12.0. The van der Waals surface area contributed by atoms with Crippen LogP contribution in [0.15, 0.2) is 12.1 Å². The van der Waals surface area contributed by atoms with Crippen LogP contribution in [0.1, 0.15) is 59.2 Å². The first kappa shape index (κ1) is 18.0. The number of nitrogens with zero attached hydrogens (tertiary/aromatic N) is 1. The molecule has 0 saturated heterocycles. The molecule has 0 bridgehead atoms. The minimum Gasteiger partial charge on any atom is -0.478 e. The van der Waals surface area contributed by atoms with Crippen LogP contribution in [0.5, 0.6) is 5.88 Å². The lowest BCUT2D eigenvalue weighted by Gasteiger charge is -2.18. The molecule has 1 aromatic heterocycles. The van der Waals surface area contributed by atoms with Gasteiger partial charge in [0, 0.05) is 18.3 Å². The molecule has 3 heteroatoms. The molecule has 0 unspecified atom stereocenters. The fourth-order valence-electron chi connectivity index (χ4n) is 1.94. The van der Waals surface area contributed by atoms with Crippen LogP contribution in [0.25, 0.3) is 0 Å². The highest BCUT2D eigenvalue weighted by atomic mass is 16.5. The molecule has 0 atom stereocenters. The third-order valence-electron chi connectivity index (χ3n) is 3.26. The maximum Gasteiger partial charge on any atom is 0.213 e. The Kier molecular flexibility index (Phi) is 7.16. The van der Waals surface area contributed by atoms with Crippen molar-refractivity contribution >= 4 is 0 Å². The Morgan fingerprint density at radius 2 is 1.95 bits per heavy atom. The highest BCUT2D eigenvalue weighted by molar-refractivity contribution is 5.25. The number of aromatic nitrogens is 1.